The molecule has 0 N–H and O–H groups in total. The van der Waals surface area contributed by atoms with E-state index in [0.717, 1.165) is 0 Å². The first-order chi connectivity index (χ1) is 9.72. The van der Waals surface area contributed by atoms with Crippen LogP contribution in [-0.4, -0.2) is 34.8 Å². The van der Waals surface area contributed by atoms with Gasteiger partial charge in [0.2, 0.25) is 11.5 Å². The Morgan fingerprint density at radius 2 is 2.25 bits per heavy atom. The van der Waals surface area contributed by atoms with Gasteiger partial charge in [0, 0.05) is 6.20 Å². The number of rotatable bonds is 5. The van der Waals surface area contributed by atoms with Crippen LogP contribution in [0.2, 0.25) is 0 Å². The predicted molar refractivity (Wildman–Crippen MR) is 70.8 cm³/mol. The Balaban J connectivity index is 2.62. The molecule has 8 heteroatoms. The van der Waals surface area contributed by atoms with E-state index in [1.807, 2.05) is 0 Å². The van der Waals surface area contributed by atoms with E-state index in [4.69, 9.17) is 4.74 Å². The number of hydrogen-bond acceptors (Lipinski definition) is 7. The van der Waals surface area contributed by atoms with Crippen LogP contribution >= 0.6 is 0 Å². The monoisotopic (exact) mass is 276 g/mol. The lowest BCUT2D eigenvalue weighted by Crippen LogP contribution is -2.19. The van der Waals surface area contributed by atoms with Crippen molar-refractivity contribution in [1.29, 1.82) is 0 Å². The quantitative estimate of drug-likeness (QED) is 0.358. The summed E-state index contributed by atoms with van der Waals surface area (Å²) in [5, 5.41) is 6.49. The lowest BCUT2D eigenvalue weighted by molar-refractivity contribution is -0.135. The van der Waals surface area contributed by atoms with Gasteiger partial charge in [0.15, 0.2) is 0 Å². The van der Waals surface area contributed by atoms with E-state index in [2.05, 4.69) is 20.2 Å². The molecule has 2 heterocycles. The number of nitroso groups, excluding NO2 is 1. The molecule has 0 aliphatic heterocycles. The van der Waals surface area contributed by atoms with Crippen LogP contribution < -0.4 is 0 Å². The summed E-state index contributed by atoms with van der Waals surface area (Å²) in [7, 11) is 1.28. The fraction of sp³-hybridized carbons (Fsp3) is 0.250. The summed E-state index contributed by atoms with van der Waals surface area (Å²) < 4.78 is 6.31. The second-order valence-electron chi connectivity index (χ2n) is 3.65. The van der Waals surface area contributed by atoms with Crippen molar-refractivity contribution in [1.82, 2.24) is 9.38 Å². The van der Waals surface area contributed by atoms with E-state index in [-0.39, 0.29) is 23.8 Å². The summed E-state index contributed by atoms with van der Waals surface area (Å²) in [6.07, 6.45) is 1.61. The molecule has 0 radical (unpaired) electrons. The molecular formula is C12H12N4O4. The molecule has 20 heavy (non-hydrogen) atoms. The molecule has 0 atom stereocenters. The molecule has 0 saturated carbocycles. The molecule has 0 bridgehead atoms. The van der Waals surface area contributed by atoms with Crippen molar-refractivity contribution in [3.8, 4) is 0 Å². The Morgan fingerprint density at radius 3 is 2.90 bits per heavy atom. The number of nitrogens with zero attached hydrogens (tertiary/aromatic N) is 4. The zero-order chi connectivity index (χ0) is 14.5. The van der Waals surface area contributed by atoms with Gasteiger partial charge in [-0.05, 0) is 24.2 Å². The number of pyridine rings is 1. The fourth-order valence-electron chi connectivity index (χ4n) is 1.70. The van der Waals surface area contributed by atoms with Gasteiger partial charge in [0.05, 0.1) is 6.61 Å². The van der Waals surface area contributed by atoms with Gasteiger partial charge < -0.3 is 9.57 Å². The van der Waals surface area contributed by atoms with Crippen molar-refractivity contribution in [3.63, 3.8) is 0 Å². The number of ether oxygens (including phenoxy) is 1. The number of carbonyl (C=O) groups is 1. The zero-order valence-corrected chi connectivity index (χ0v) is 10.9. The summed E-state index contributed by atoms with van der Waals surface area (Å²) >= 11 is 0. The molecule has 0 aliphatic rings. The number of esters is 1. The highest BCUT2D eigenvalue weighted by atomic mass is 16.6. The van der Waals surface area contributed by atoms with Crippen molar-refractivity contribution < 1.29 is 14.4 Å². The van der Waals surface area contributed by atoms with Gasteiger partial charge in [0.1, 0.15) is 18.5 Å². The van der Waals surface area contributed by atoms with Gasteiger partial charge in [-0.3, -0.25) is 4.40 Å². The van der Waals surface area contributed by atoms with E-state index in [1.54, 1.807) is 31.3 Å². The van der Waals surface area contributed by atoms with Crippen LogP contribution in [0.15, 0.2) is 34.7 Å². The van der Waals surface area contributed by atoms with Crippen molar-refractivity contribution in [2.75, 3.05) is 13.7 Å². The summed E-state index contributed by atoms with van der Waals surface area (Å²) in [6.45, 7) is 1.82. The second kappa shape index (κ2) is 5.91. The number of carbonyl (C=O) groups excluding carboxylic acids is 1. The first-order valence-electron chi connectivity index (χ1n) is 5.82. The molecule has 0 unspecified atom stereocenters. The van der Waals surface area contributed by atoms with Crippen LogP contribution in [-0.2, 0) is 14.4 Å². The van der Waals surface area contributed by atoms with Gasteiger partial charge in [-0.25, -0.2) is 9.78 Å². The highest BCUT2D eigenvalue weighted by Gasteiger charge is 2.25. The van der Waals surface area contributed by atoms with E-state index < -0.39 is 5.97 Å². The molecule has 2 aromatic rings. The van der Waals surface area contributed by atoms with Gasteiger partial charge in [-0.1, -0.05) is 11.2 Å². The Bertz CT molecular complexity index is 677. The molecule has 2 aromatic heterocycles. The first-order valence-corrected chi connectivity index (χ1v) is 5.82. The molecule has 0 aliphatic carbocycles. The molecule has 0 aromatic carbocycles. The molecule has 0 amide bonds. The normalized spacial score (nSPS) is 11.4. The van der Waals surface area contributed by atoms with Crippen LogP contribution in [0.4, 0.5) is 5.82 Å². The Labute approximate surface area is 114 Å². The van der Waals surface area contributed by atoms with Crippen molar-refractivity contribution >= 4 is 23.1 Å². The lowest BCUT2D eigenvalue weighted by Gasteiger charge is -2.02. The Morgan fingerprint density at radius 1 is 1.45 bits per heavy atom. The van der Waals surface area contributed by atoms with Crippen LogP contribution in [0.5, 0.6) is 0 Å². The van der Waals surface area contributed by atoms with E-state index in [9.17, 15) is 9.70 Å². The highest BCUT2D eigenvalue weighted by molar-refractivity contribution is 6.43. The maximum atomic E-state index is 11.9. The topological polar surface area (TPSA) is 94.6 Å². The van der Waals surface area contributed by atoms with Gasteiger partial charge in [-0.2, -0.15) is 0 Å². The summed E-state index contributed by atoms with van der Waals surface area (Å²) in [6, 6.07) is 5.14. The Kier molecular flexibility index (Phi) is 4.04. The standard InChI is InChI=1S/C12H12N4O4/c1-3-20-12(17)10(15-19-2)9-11(14-18)16-7-5-4-6-8(16)13-9/h4-7H,3H2,1-2H3. The summed E-state index contributed by atoms with van der Waals surface area (Å²) in [4.78, 5) is 31.7. The van der Waals surface area contributed by atoms with Crippen molar-refractivity contribution in [3.05, 3.63) is 35.0 Å². The average molecular weight is 276 g/mol. The SMILES string of the molecule is CCOC(=O)C(=NOC)c1nc2ccccn2c1N=O. The molecule has 0 fully saturated rings. The van der Waals surface area contributed by atoms with E-state index in [0.29, 0.717) is 5.65 Å². The van der Waals surface area contributed by atoms with Crippen molar-refractivity contribution in [2.45, 2.75) is 6.92 Å². The largest absolute Gasteiger partial charge is 0.461 e. The third-order valence-corrected chi connectivity index (χ3v) is 2.47. The molecule has 8 nitrogen and oxygen atoms in total. The summed E-state index contributed by atoms with van der Waals surface area (Å²) in [5.41, 5.74) is 0.282. The number of oxime groups is 1. The van der Waals surface area contributed by atoms with Crippen LogP contribution in [0.25, 0.3) is 5.65 Å². The maximum Gasteiger partial charge on any atom is 0.362 e. The van der Waals surface area contributed by atoms with E-state index in [1.165, 1.54) is 11.5 Å². The summed E-state index contributed by atoms with van der Waals surface area (Å²) in [5.74, 6) is -0.771. The molecular weight excluding hydrogens is 264 g/mol. The minimum Gasteiger partial charge on any atom is -0.461 e. The fourth-order valence-corrected chi connectivity index (χ4v) is 1.70. The van der Waals surface area contributed by atoms with Crippen LogP contribution in [0, 0.1) is 4.91 Å². The van der Waals surface area contributed by atoms with Crippen LogP contribution in [0.1, 0.15) is 12.6 Å². The second-order valence-corrected chi connectivity index (χ2v) is 3.65. The van der Waals surface area contributed by atoms with Crippen molar-refractivity contribution in [2.24, 2.45) is 10.3 Å². The van der Waals surface area contributed by atoms with E-state index >= 15 is 0 Å². The number of hydrogen-bond donors (Lipinski definition) is 0. The predicted octanol–water partition coefficient (Wildman–Crippen LogP) is 1.65. The minimum absolute atomic E-state index is 0.0199. The lowest BCUT2D eigenvalue weighted by atomic mass is 10.3. The smallest absolute Gasteiger partial charge is 0.362 e. The zero-order valence-electron chi connectivity index (χ0n) is 10.9. The third kappa shape index (κ3) is 2.35. The Hall–Kier alpha value is -2.77. The maximum absolute atomic E-state index is 11.9. The number of fused-ring (bicyclic) bond motifs is 1. The molecule has 104 valence electrons. The molecule has 0 saturated heterocycles. The molecule has 2 rings (SSSR count). The number of imidazole rings is 1. The number of aromatic nitrogens is 2. The minimum atomic E-state index is -0.734. The first kappa shape index (κ1) is 13.7. The van der Waals surface area contributed by atoms with Gasteiger partial charge in [-0.15, -0.1) is 4.91 Å². The van der Waals surface area contributed by atoms with Gasteiger partial charge in [0.25, 0.3) is 0 Å². The molecule has 0 spiro atoms. The average Bonchev–Trinajstić information content (AvgIpc) is 2.82. The van der Waals surface area contributed by atoms with Gasteiger partial charge >= 0.3 is 5.97 Å². The van der Waals surface area contributed by atoms with Crippen LogP contribution in [0.3, 0.4) is 0 Å². The highest BCUT2D eigenvalue weighted by Crippen LogP contribution is 2.22. The third-order valence-electron chi connectivity index (χ3n) is 2.47.